The third kappa shape index (κ3) is 3.36. The van der Waals surface area contributed by atoms with Gasteiger partial charge in [-0.3, -0.25) is 4.98 Å². The lowest BCUT2D eigenvalue weighted by molar-refractivity contribution is 0.643. The second-order valence-electron chi connectivity index (χ2n) is 6.03. The van der Waals surface area contributed by atoms with Gasteiger partial charge >= 0.3 is 0 Å². The van der Waals surface area contributed by atoms with Crippen LogP contribution >= 0.6 is 15.9 Å². The molecule has 26 heavy (non-hydrogen) atoms. The van der Waals surface area contributed by atoms with E-state index in [0.29, 0.717) is 13.1 Å². The summed E-state index contributed by atoms with van der Waals surface area (Å²) in [6, 6.07) is 16.2. The monoisotopic (exact) mass is 408 g/mol. The molecule has 4 aromatic rings. The molecule has 2 aromatic heterocycles. The minimum atomic E-state index is 0.557. The average molecular weight is 409 g/mol. The largest absolute Gasteiger partial charge is 0.306 e. The molecule has 0 saturated heterocycles. The van der Waals surface area contributed by atoms with Crippen LogP contribution in [0.4, 0.5) is 0 Å². The summed E-state index contributed by atoms with van der Waals surface area (Å²) in [6.45, 7) is 3.36. The first-order valence-corrected chi connectivity index (χ1v) is 9.09. The van der Waals surface area contributed by atoms with Crippen molar-refractivity contribution in [2.24, 2.45) is 0 Å². The number of rotatable bonds is 5. The van der Waals surface area contributed by atoms with Crippen LogP contribution in [0.5, 0.6) is 0 Å². The van der Waals surface area contributed by atoms with E-state index in [1.807, 2.05) is 36.5 Å². The van der Waals surface area contributed by atoms with Gasteiger partial charge in [-0.05, 0) is 52.7 Å². The van der Waals surface area contributed by atoms with Gasteiger partial charge in [-0.15, -0.1) is 5.10 Å². The maximum Gasteiger partial charge on any atom is 0.170 e. The van der Waals surface area contributed by atoms with Crippen molar-refractivity contribution in [3.05, 3.63) is 76.2 Å². The van der Waals surface area contributed by atoms with Crippen LogP contribution in [0.1, 0.15) is 17.0 Å². The van der Waals surface area contributed by atoms with E-state index in [1.54, 1.807) is 4.68 Å². The van der Waals surface area contributed by atoms with Crippen molar-refractivity contribution in [1.29, 1.82) is 0 Å². The highest BCUT2D eigenvalue weighted by molar-refractivity contribution is 9.10. The van der Waals surface area contributed by atoms with Crippen LogP contribution in [0.2, 0.25) is 0 Å². The fourth-order valence-electron chi connectivity index (χ4n) is 2.95. The number of halogens is 1. The quantitative estimate of drug-likeness (QED) is 0.546. The van der Waals surface area contributed by atoms with Crippen LogP contribution in [0.3, 0.4) is 0 Å². The van der Waals surface area contributed by atoms with E-state index in [1.165, 1.54) is 10.9 Å². The summed E-state index contributed by atoms with van der Waals surface area (Å²) in [4.78, 5) is 4.54. The topological polar surface area (TPSA) is 68.5 Å². The molecule has 0 aliphatic carbocycles. The van der Waals surface area contributed by atoms with E-state index in [9.17, 15) is 0 Å². The van der Waals surface area contributed by atoms with E-state index in [0.717, 1.165) is 27.1 Å². The van der Waals surface area contributed by atoms with E-state index in [2.05, 4.69) is 66.9 Å². The van der Waals surface area contributed by atoms with Gasteiger partial charge in [0.25, 0.3) is 0 Å². The molecule has 0 spiro atoms. The van der Waals surface area contributed by atoms with Crippen molar-refractivity contribution in [1.82, 2.24) is 30.5 Å². The molecule has 0 amide bonds. The number of fused-ring (bicyclic) bond motifs is 1. The molecule has 6 nitrogen and oxygen atoms in total. The molecule has 0 saturated carbocycles. The first-order chi connectivity index (χ1) is 12.7. The Morgan fingerprint density at radius 2 is 2.00 bits per heavy atom. The van der Waals surface area contributed by atoms with Gasteiger partial charge in [-0.25, -0.2) is 0 Å². The average Bonchev–Trinajstić information content (AvgIpc) is 3.12. The highest BCUT2D eigenvalue weighted by Crippen LogP contribution is 2.20. The molecular formula is C19H17BrN6. The van der Waals surface area contributed by atoms with Crippen LogP contribution in [-0.4, -0.2) is 25.2 Å². The Morgan fingerprint density at radius 1 is 1.08 bits per heavy atom. The molecule has 2 aromatic carbocycles. The summed E-state index contributed by atoms with van der Waals surface area (Å²) in [5.41, 5.74) is 4.35. The van der Waals surface area contributed by atoms with E-state index in [-0.39, 0.29) is 0 Å². The molecule has 4 rings (SSSR count). The number of benzene rings is 2. The summed E-state index contributed by atoms with van der Waals surface area (Å²) in [5.74, 6) is 0.757. The van der Waals surface area contributed by atoms with Gasteiger partial charge in [0.1, 0.15) is 0 Å². The van der Waals surface area contributed by atoms with Crippen molar-refractivity contribution >= 4 is 26.8 Å². The lowest BCUT2D eigenvalue weighted by Gasteiger charge is -2.10. The summed E-state index contributed by atoms with van der Waals surface area (Å²) >= 11 is 3.48. The first kappa shape index (κ1) is 16.8. The van der Waals surface area contributed by atoms with Crippen LogP contribution in [0, 0.1) is 6.92 Å². The van der Waals surface area contributed by atoms with Gasteiger partial charge in [-0.2, -0.15) is 4.68 Å². The van der Waals surface area contributed by atoms with Crippen LogP contribution < -0.4 is 5.32 Å². The van der Waals surface area contributed by atoms with Crippen molar-refractivity contribution < 1.29 is 0 Å². The molecule has 0 unspecified atom stereocenters. The number of hydrogen-bond acceptors (Lipinski definition) is 5. The molecule has 0 aliphatic heterocycles. The van der Waals surface area contributed by atoms with Gasteiger partial charge < -0.3 is 5.32 Å². The number of tetrazole rings is 1. The van der Waals surface area contributed by atoms with Crippen molar-refractivity contribution in [2.45, 2.75) is 20.0 Å². The Hall–Kier alpha value is -2.64. The molecule has 2 heterocycles. The molecule has 7 heteroatoms. The molecule has 0 bridgehead atoms. The van der Waals surface area contributed by atoms with Crippen molar-refractivity contribution in [3.63, 3.8) is 0 Å². The number of hydrogen-bond donors (Lipinski definition) is 1. The number of nitrogens with one attached hydrogen (secondary N) is 1. The predicted octanol–water partition coefficient (Wildman–Crippen LogP) is 3.57. The Labute approximate surface area is 159 Å². The molecule has 0 atom stereocenters. The Kier molecular flexibility index (Phi) is 4.73. The maximum absolute atomic E-state index is 4.54. The zero-order valence-electron chi connectivity index (χ0n) is 14.2. The summed E-state index contributed by atoms with van der Waals surface area (Å²) in [5, 5.41) is 16.7. The molecule has 0 fully saturated rings. The number of aromatic nitrogens is 5. The number of aryl methyl sites for hydroxylation is 1. The molecule has 1 N–H and O–H groups in total. The van der Waals surface area contributed by atoms with Gasteiger partial charge in [0.2, 0.25) is 0 Å². The standard InChI is InChI=1S/C19H17BrN6/c1-13-7-8-14(19-17(13)6-3-9-22-19)11-21-12-18-23-24-25-26(18)16-5-2-4-15(20)10-16/h2-10,21H,11-12H2,1H3. The van der Waals surface area contributed by atoms with Crippen LogP contribution in [0.15, 0.2) is 59.2 Å². The second kappa shape index (κ2) is 7.31. The highest BCUT2D eigenvalue weighted by Gasteiger charge is 2.09. The second-order valence-corrected chi connectivity index (χ2v) is 6.95. The highest BCUT2D eigenvalue weighted by atomic mass is 79.9. The fourth-order valence-corrected chi connectivity index (χ4v) is 3.34. The maximum atomic E-state index is 4.54. The van der Waals surface area contributed by atoms with Gasteiger partial charge in [0, 0.05) is 22.6 Å². The van der Waals surface area contributed by atoms with E-state index in [4.69, 9.17) is 0 Å². The van der Waals surface area contributed by atoms with Gasteiger partial charge in [-0.1, -0.05) is 40.2 Å². The Morgan fingerprint density at radius 3 is 2.88 bits per heavy atom. The zero-order valence-corrected chi connectivity index (χ0v) is 15.8. The summed E-state index contributed by atoms with van der Waals surface area (Å²) in [7, 11) is 0. The molecule has 130 valence electrons. The van der Waals surface area contributed by atoms with E-state index >= 15 is 0 Å². The first-order valence-electron chi connectivity index (χ1n) is 8.29. The zero-order chi connectivity index (χ0) is 17.9. The lowest BCUT2D eigenvalue weighted by Crippen LogP contribution is -2.17. The Bertz CT molecular complexity index is 1060. The molecular weight excluding hydrogens is 392 g/mol. The number of pyridine rings is 1. The normalized spacial score (nSPS) is 11.2. The SMILES string of the molecule is Cc1ccc(CNCc2nnnn2-c2cccc(Br)c2)c2ncccc12. The van der Waals surface area contributed by atoms with Crippen molar-refractivity contribution in [2.75, 3.05) is 0 Å². The smallest absolute Gasteiger partial charge is 0.170 e. The van der Waals surface area contributed by atoms with E-state index < -0.39 is 0 Å². The lowest BCUT2D eigenvalue weighted by atomic mass is 10.0. The molecule has 0 aliphatic rings. The summed E-state index contributed by atoms with van der Waals surface area (Å²) < 4.78 is 2.73. The summed E-state index contributed by atoms with van der Waals surface area (Å²) in [6.07, 6.45) is 1.83. The Balaban J connectivity index is 1.52. The van der Waals surface area contributed by atoms with Crippen LogP contribution in [-0.2, 0) is 13.1 Å². The predicted molar refractivity (Wildman–Crippen MR) is 104 cm³/mol. The van der Waals surface area contributed by atoms with Crippen LogP contribution in [0.25, 0.3) is 16.6 Å². The minimum absolute atomic E-state index is 0.557. The third-order valence-corrected chi connectivity index (χ3v) is 4.75. The van der Waals surface area contributed by atoms with Gasteiger partial charge in [0.15, 0.2) is 5.82 Å². The van der Waals surface area contributed by atoms with Gasteiger partial charge in [0.05, 0.1) is 17.7 Å². The number of nitrogens with zero attached hydrogens (tertiary/aromatic N) is 5. The fraction of sp³-hybridized carbons (Fsp3) is 0.158. The molecule has 0 radical (unpaired) electrons. The minimum Gasteiger partial charge on any atom is -0.306 e. The van der Waals surface area contributed by atoms with Crippen molar-refractivity contribution in [3.8, 4) is 5.69 Å². The third-order valence-electron chi connectivity index (χ3n) is 4.26.